The number of hydrogen-bond donors (Lipinski definition) is 1. The summed E-state index contributed by atoms with van der Waals surface area (Å²) in [7, 11) is 0. The highest BCUT2D eigenvalue weighted by molar-refractivity contribution is 5.28. The van der Waals surface area contributed by atoms with Crippen LogP contribution in [0.3, 0.4) is 0 Å². The van der Waals surface area contributed by atoms with Crippen LogP contribution in [-0.2, 0) is 10.3 Å². The Morgan fingerprint density at radius 3 is 2.67 bits per heavy atom. The second-order valence-electron chi connectivity index (χ2n) is 3.87. The maximum Gasteiger partial charge on any atom is 0.126 e. The van der Waals surface area contributed by atoms with E-state index >= 15 is 0 Å². The van der Waals surface area contributed by atoms with Crippen molar-refractivity contribution < 1.29 is 14.2 Å². The first kappa shape index (κ1) is 12.1. The van der Waals surface area contributed by atoms with Gasteiger partial charge in [-0.2, -0.15) is 0 Å². The van der Waals surface area contributed by atoms with Gasteiger partial charge in [0.05, 0.1) is 6.61 Å². The second-order valence-corrected chi connectivity index (χ2v) is 3.87. The lowest BCUT2D eigenvalue weighted by Crippen LogP contribution is -2.28. The number of hydrogen-bond acceptors (Lipinski definition) is 2. The smallest absolute Gasteiger partial charge is 0.126 e. The number of benzene rings is 1. The third-order valence-corrected chi connectivity index (χ3v) is 2.37. The maximum atomic E-state index is 13.0. The fourth-order valence-corrected chi connectivity index (χ4v) is 1.36. The van der Waals surface area contributed by atoms with Crippen LogP contribution in [0.1, 0.15) is 25.0 Å². The molecule has 1 rings (SSSR count). The Labute approximate surface area is 89.7 Å². The van der Waals surface area contributed by atoms with E-state index in [1.807, 2.05) is 6.92 Å². The molecule has 0 aliphatic heterocycles. The van der Waals surface area contributed by atoms with Gasteiger partial charge >= 0.3 is 0 Å². The van der Waals surface area contributed by atoms with Crippen molar-refractivity contribution in [1.82, 2.24) is 0 Å². The predicted molar refractivity (Wildman–Crippen MR) is 57.2 cm³/mol. The second kappa shape index (κ2) is 4.73. The molecule has 1 unspecified atom stereocenters. The van der Waals surface area contributed by atoms with Crippen LogP contribution in [-0.4, -0.2) is 18.3 Å². The highest BCUT2D eigenvalue weighted by Crippen LogP contribution is 2.22. The van der Waals surface area contributed by atoms with Gasteiger partial charge in [-0.05, 0) is 38.0 Å². The zero-order valence-corrected chi connectivity index (χ0v) is 9.38. The summed E-state index contributed by atoms with van der Waals surface area (Å²) in [6, 6.07) is 4.60. The average Bonchev–Trinajstić information content (AvgIpc) is 2.19. The molecule has 3 heteroatoms. The summed E-state index contributed by atoms with van der Waals surface area (Å²) in [5.74, 6) is -0.258. The summed E-state index contributed by atoms with van der Waals surface area (Å²) >= 11 is 0. The van der Waals surface area contributed by atoms with Gasteiger partial charge in [0.1, 0.15) is 11.4 Å². The SMILES string of the molecule is CCOCC(C)(O)c1ccc(F)c(C)c1. The van der Waals surface area contributed by atoms with Gasteiger partial charge in [-0.15, -0.1) is 0 Å². The first-order chi connectivity index (χ1) is 6.97. The van der Waals surface area contributed by atoms with Crippen molar-refractivity contribution in [3.8, 4) is 0 Å². The van der Waals surface area contributed by atoms with Crippen molar-refractivity contribution >= 4 is 0 Å². The lowest BCUT2D eigenvalue weighted by molar-refractivity contribution is -0.0344. The van der Waals surface area contributed by atoms with Crippen LogP contribution in [0.2, 0.25) is 0 Å². The first-order valence-corrected chi connectivity index (χ1v) is 5.04. The molecule has 0 saturated heterocycles. The third kappa shape index (κ3) is 3.01. The molecule has 0 saturated carbocycles. The Hall–Kier alpha value is -0.930. The van der Waals surface area contributed by atoms with E-state index in [1.165, 1.54) is 6.07 Å². The van der Waals surface area contributed by atoms with Crippen molar-refractivity contribution in [3.63, 3.8) is 0 Å². The fourth-order valence-electron chi connectivity index (χ4n) is 1.36. The number of ether oxygens (including phenoxy) is 1. The highest BCUT2D eigenvalue weighted by atomic mass is 19.1. The Balaban J connectivity index is 2.89. The summed E-state index contributed by atoms with van der Waals surface area (Å²) in [4.78, 5) is 0. The van der Waals surface area contributed by atoms with Gasteiger partial charge in [0.25, 0.3) is 0 Å². The van der Waals surface area contributed by atoms with Gasteiger partial charge in [0, 0.05) is 6.61 Å². The van der Waals surface area contributed by atoms with Crippen LogP contribution in [0, 0.1) is 12.7 Å². The molecule has 1 atom stereocenters. The Bertz CT molecular complexity index is 334. The molecule has 0 radical (unpaired) electrons. The highest BCUT2D eigenvalue weighted by Gasteiger charge is 2.23. The van der Waals surface area contributed by atoms with Gasteiger partial charge in [0.2, 0.25) is 0 Å². The molecule has 1 aromatic rings. The van der Waals surface area contributed by atoms with Crippen molar-refractivity contribution in [2.24, 2.45) is 0 Å². The molecule has 15 heavy (non-hydrogen) atoms. The third-order valence-electron chi connectivity index (χ3n) is 2.37. The minimum Gasteiger partial charge on any atom is -0.383 e. The summed E-state index contributed by atoms with van der Waals surface area (Å²) in [6.07, 6.45) is 0. The predicted octanol–water partition coefficient (Wildman–Crippen LogP) is 2.38. The molecule has 0 bridgehead atoms. The molecule has 0 amide bonds. The summed E-state index contributed by atoms with van der Waals surface area (Å²) < 4.78 is 18.2. The molecular formula is C12H17FO2. The molecule has 0 fully saturated rings. The number of halogens is 1. The molecule has 1 N–H and O–H groups in total. The topological polar surface area (TPSA) is 29.5 Å². The minimum absolute atomic E-state index is 0.217. The van der Waals surface area contributed by atoms with Crippen LogP contribution >= 0.6 is 0 Å². The summed E-state index contributed by atoms with van der Waals surface area (Å²) in [6.45, 7) is 5.97. The van der Waals surface area contributed by atoms with Gasteiger partial charge in [-0.3, -0.25) is 0 Å². The average molecular weight is 212 g/mol. The standard InChI is InChI=1S/C12H17FO2/c1-4-15-8-12(3,14)10-5-6-11(13)9(2)7-10/h5-7,14H,4,8H2,1-3H3. The van der Waals surface area contributed by atoms with Crippen LogP contribution in [0.4, 0.5) is 4.39 Å². The quantitative estimate of drug-likeness (QED) is 0.830. The van der Waals surface area contributed by atoms with E-state index in [0.717, 1.165) is 0 Å². The normalized spacial score (nSPS) is 15.0. The Morgan fingerprint density at radius 2 is 2.13 bits per heavy atom. The van der Waals surface area contributed by atoms with E-state index in [0.29, 0.717) is 17.7 Å². The van der Waals surface area contributed by atoms with Crippen LogP contribution in [0.25, 0.3) is 0 Å². The lowest BCUT2D eigenvalue weighted by Gasteiger charge is -2.23. The van der Waals surface area contributed by atoms with E-state index in [-0.39, 0.29) is 12.4 Å². The largest absolute Gasteiger partial charge is 0.383 e. The zero-order valence-electron chi connectivity index (χ0n) is 9.38. The number of aliphatic hydroxyl groups is 1. The van der Waals surface area contributed by atoms with Crippen molar-refractivity contribution in [1.29, 1.82) is 0 Å². The van der Waals surface area contributed by atoms with Crippen LogP contribution in [0.15, 0.2) is 18.2 Å². The Morgan fingerprint density at radius 1 is 1.47 bits per heavy atom. The van der Waals surface area contributed by atoms with Gasteiger partial charge in [-0.1, -0.05) is 12.1 Å². The van der Waals surface area contributed by atoms with E-state index in [1.54, 1.807) is 26.0 Å². The molecule has 0 heterocycles. The van der Waals surface area contributed by atoms with Crippen LogP contribution < -0.4 is 0 Å². The number of rotatable bonds is 4. The summed E-state index contributed by atoms with van der Waals surface area (Å²) in [5, 5.41) is 10.1. The zero-order chi connectivity index (χ0) is 11.5. The number of aryl methyl sites for hydroxylation is 1. The van der Waals surface area contributed by atoms with Crippen molar-refractivity contribution in [3.05, 3.63) is 35.1 Å². The molecule has 2 nitrogen and oxygen atoms in total. The maximum absolute atomic E-state index is 13.0. The van der Waals surface area contributed by atoms with Crippen LogP contribution in [0.5, 0.6) is 0 Å². The first-order valence-electron chi connectivity index (χ1n) is 5.04. The van der Waals surface area contributed by atoms with E-state index < -0.39 is 5.60 Å². The molecule has 0 aliphatic carbocycles. The molecule has 84 valence electrons. The van der Waals surface area contributed by atoms with Crippen molar-refractivity contribution in [2.45, 2.75) is 26.4 Å². The Kier molecular flexibility index (Phi) is 3.83. The van der Waals surface area contributed by atoms with E-state index in [4.69, 9.17) is 4.74 Å². The molecule has 0 spiro atoms. The van der Waals surface area contributed by atoms with E-state index in [9.17, 15) is 9.50 Å². The molecule has 1 aromatic carbocycles. The minimum atomic E-state index is -1.06. The molecule has 0 aromatic heterocycles. The van der Waals surface area contributed by atoms with Gasteiger partial charge in [0.15, 0.2) is 0 Å². The van der Waals surface area contributed by atoms with Gasteiger partial charge in [-0.25, -0.2) is 4.39 Å². The fraction of sp³-hybridized carbons (Fsp3) is 0.500. The van der Waals surface area contributed by atoms with Gasteiger partial charge < -0.3 is 9.84 Å². The van der Waals surface area contributed by atoms with Crippen molar-refractivity contribution in [2.75, 3.05) is 13.2 Å². The monoisotopic (exact) mass is 212 g/mol. The summed E-state index contributed by atoms with van der Waals surface area (Å²) in [5.41, 5.74) is 0.146. The molecular weight excluding hydrogens is 195 g/mol. The van der Waals surface area contributed by atoms with E-state index in [2.05, 4.69) is 0 Å². The molecule has 0 aliphatic rings. The lowest BCUT2D eigenvalue weighted by atomic mass is 9.95.